The zero-order valence-corrected chi connectivity index (χ0v) is 13.6. The Morgan fingerprint density at radius 1 is 1.13 bits per heavy atom. The largest absolute Gasteiger partial charge is 0.495 e. The highest BCUT2D eigenvalue weighted by Crippen LogP contribution is 2.27. The highest BCUT2D eigenvalue weighted by molar-refractivity contribution is 7.08. The van der Waals surface area contributed by atoms with Crippen molar-refractivity contribution in [1.29, 1.82) is 0 Å². The van der Waals surface area contributed by atoms with Gasteiger partial charge in [-0.15, -0.1) is 5.10 Å². The van der Waals surface area contributed by atoms with Crippen molar-refractivity contribution < 1.29 is 9.53 Å². The monoisotopic (exact) mass is 325 g/mol. The van der Waals surface area contributed by atoms with Crippen molar-refractivity contribution in [3.63, 3.8) is 0 Å². The summed E-state index contributed by atoms with van der Waals surface area (Å²) in [5, 5.41) is 6.95. The van der Waals surface area contributed by atoms with E-state index in [1.165, 1.54) is 0 Å². The van der Waals surface area contributed by atoms with Crippen LogP contribution in [0.3, 0.4) is 0 Å². The highest BCUT2D eigenvalue weighted by atomic mass is 32.1. The lowest BCUT2D eigenvalue weighted by molar-refractivity contribution is 0.103. The van der Waals surface area contributed by atoms with Crippen molar-refractivity contribution in [2.75, 3.05) is 12.4 Å². The molecule has 116 valence electrons. The number of nitrogens with zero attached hydrogens (tertiary/aromatic N) is 2. The van der Waals surface area contributed by atoms with E-state index in [2.05, 4.69) is 14.9 Å². The van der Waals surface area contributed by atoms with Crippen LogP contribution in [0.15, 0.2) is 48.5 Å². The van der Waals surface area contributed by atoms with Gasteiger partial charge < -0.3 is 10.1 Å². The second kappa shape index (κ2) is 6.58. The van der Waals surface area contributed by atoms with E-state index in [0.29, 0.717) is 22.0 Å². The van der Waals surface area contributed by atoms with Gasteiger partial charge in [0.15, 0.2) is 0 Å². The Balaban J connectivity index is 1.89. The van der Waals surface area contributed by atoms with Gasteiger partial charge in [-0.25, -0.2) is 0 Å². The quantitative estimate of drug-likeness (QED) is 0.793. The van der Waals surface area contributed by atoms with Crippen LogP contribution < -0.4 is 10.1 Å². The fourth-order valence-corrected chi connectivity index (χ4v) is 2.75. The first-order valence-electron chi connectivity index (χ1n) is 7.03. The molecule has 3 aromatic rings. The van der Waals surface area contributed by atoms with Crippen LogP contribution in [0.1, 0.15) is 15.2 Å². The van der Waals surface area contributed by atoms with Crippen LogP contribution in [0.2, 0.25) is 0 Å². The van der Waals surface area contributed by atoms with Gasteiger partial charge in [-0.05, 0) is 30.6 Å². The molecule has 0 saturated carbocycles. The first-order chi connectivity index (χ1) is 11.2. The van der Waals surface area contributed by atoms with E-state index in [0.717, 1.165) is 22.7 Å². The number of carbonyl (C=O) groups excluding carboxylic acids is 1. The molecule has 0 bridgehead atoms. The van der Waals surface area contributed by atoms with E-state index in [-0.39, 0.29) is 5.91 Å². The number of hydrogen-bond donors (Lipinski definition) is 1. The molecule has 0 fully saturated rings. The number of aromatic nitrogens is 2. The minimum Gasteiger partial charge on any atom is -0.495 e. The summed E-state index contributed by atoms with van der Waals surface area (Å²) in [7, 11) is 1.57. The fraction of sp³-hybridized carbons (Fsp3) is 0.118. The number of nitrogens with one attached hydrogen (secondary N) is 1. The van der Waals surface area contributed by atoms with Gasteiger partial charge in [-0.1, -0.05) is 46.4 Å². The van der Waals surface area contributed by atoms with Crippen molar-refractivity contribution in [2.45, 2.75) is 6.92 Å². The summed E-state index contributed by atoms with van der Waals surface area (Å²) in [6, 6.07) is 15.1. The predicted octanol–water partition coefficient (Wildman–Crippen LogP) is 3.77. The summed E-state index contributed by atoms with van der Waals surface area (Å²) < 4.78 is 9.17. The van der Waals surface area contributed by atoms with Gasteiger partial charge in [-0.3, -0.25) is 4.79 Å². The van der Waals surface area contributed by atoms with E-state index in [4.69, 9.17) is 4.74 Å². The summed E-state index contributed by atoms with van der Waals surface area (Å²) in [6.07, 6.45) is 0. The maximum atomic E-state index is 12.6. The Hall–Kier alpha value is -2.73. The number of aryl methyl sites for hydroxylation is 1. The third-order valence-electron chi connectivity index (χ3n) is 3.37. The minimum atomic E-state index is -0.250. The molecule has 1 heterocycles. The third-order valence-corrected chi connectivity index (χ3v) is 4.10. The number of rotatable bonds is 4. The normalized spacial score (nSPS) is 10.3. The Bertz CT molecular complexity index is 828. The molecule has 0 aliphatic heterocycles. The molecule has 0 radical (unpaired) electrons. The molecular weight excluding hydrogens is 310 g/mol. The lowest BCUT2D eigenvalue weighted by Gasteiger charge is -2.09. The van der Waals surface area contributed by atoms with E-state index in [1.54, 1.807) is 19.2 Å². The molecule has 0 saturated heterocycles. The molecule has 1 aromatic heterocycles. The average molecular weight is 325 g/mol. The molecule has 0 aliphatic carbocycles. The second-order valence-electron chi connectivity index (χ2n) is 4.97. The van der Waals surface area contributed by atoms with Gasteiger partial charge in [-0.2, -0.15) is 0 Å². The van der Waals surface area contributed by atoms with E-state index < -0.39 is 0 Å². The lowest BCUT2D eigenvalue weighted by atomic mass is 10.1. The number of methoxy groups -OCH3 is 1. The predicted molar refractivity (Wildman–Crippen MR) is 91.0 cm³/mol. The molecular formula is C17H15N3O2S. The maximum absolute atomic E-state index is 12.6. The van der Waals surface area contributed by atoms with Crippen LogP contribution in [0.25, 0.3) is 11.3 Å². The zero-order valence-electron chi connectivity index (χ0n) is 12.7. The van der Waals surface area contributed by atoms with E-state index in [9.17, 15) is 4.79 Å². The summed E-state index contributed by atoms with van der Waals surface area (Å²) >= 11 is 1.08. The topological polar surface area (TPSA) is 64.1 Å². The molecule has 0 unspecified atom stereocenters. The molecule has 2 aromatic carbocycles. The second-order valence-corrected chi connectivity index (χ2v) is 5.73. The molecule has 1 amide bonds. The van der Waals surface area contributed by atoms with Crippen molar-refractivity contribution in [3.05, 3.63) is 59.0 Å². The lowest BCUT2D eigenvalue weighted by Crippen LogP contribution is -2.12. The van der Waals surface area contributed by atoms with Crippen LogP contribution in [-0.4, -0.2) is 22.6 Å². The van der Waals surface area contributed by atoms with Crippen molar-refractivity contribution in [2.24, 2.45) is 0 Å². The number of benzene rings is 2. The number of hydrogen-bond acceptors (Lipinski definition) is 5. The number of ether oxygens (including phenoxy) is 1. The standard InChI is InChI=1S/C17H15N3O2S/c1-11-7-9-12(10-8-11)15-16(23-20-19-15)17(21)18-13-5-3-4-6-14(13)22-2/h3-10H,1-2H3,(H,18,21). The van der Waals surface area contributed by atoms with Crippen molar-refractivity contribution in [3.8, 4) is 17.0 Å². The molecule has 1 N–H and O–H groups in total. The van der Waals surface area contributed by atoms with Crippen LogP contribution in [0, 0.1) is 6.92 Å². The Morgan fingerprint density at radius 2 is 1.87 bits per heavy atom. The third kappa shape index (κ3) is 3.22. The zero-order chi connectivity index (χ0) is 16.2. The number of para-hydroxylation sites is 2. The summed E-state index contributed by atoms with van der Waals surface area (Å²) in [5.74, 6) is 0.357. The number of carbonyl (C=O) groups is 1. The average Bonchev–Trinajstić information content (AvgIpc) is 3.06. The van der Waals surface area contributed by atoms with E-state index >= 15 is 0 Å². The molecule has 0 atom stereocenters. The molecule has 0 spiro atoms. The SMILES string of the molecule is COc1ccccc1NC(=O)c1snnc1-c1ccc(C)cc1. The minimum absolute atomic E-state index is 0.250. The van der Waals surface area contributed by atoms with Gasteiger partial charge >= 0.3 is 0 Å². The van der Waals surface area contributed by atoms with Crippen LogP contribution >= 0.6 is 11.5 Å². The number of amides is 1. The number of anilines is 1. The first-order valence-corrected chi connectivity index (χ1v) is 7.80. The van der Waals surface area contributed by atoms with Crippen molar-refractivity contribution >= 4 is 23.1 Å². The Morgan fingerprint density at radius 3 is 2.61 bits per heavy atom. The van der Waals surface area contributed by atoms with Gasteiger partial charge in [0.1, 0.15) is 16.3 Å². The highest BCUT2D eigenvalue weighted by Gasteiger charge is 2.19. The van der Waals surface area contributed by atoms with Crippen LogP contribution in [0.5, 0.6) is 5.75 Å². The van der Waals surface area contributed by atoms with Crippen molar-refractivity contribution in [1.82, 2.24) is 9.59 Å². The summed E-state index contributed by atoms with van der Waals surface area (Å²) in [5.41, 5.74) is 3.22. The van der Waals surface area contributed by atoms with Crippen LogP contribution in [0.4, 0.5) is 5.69 Å². The van der Waals surface area contributed by atoms with Crippen LogP contribution in [-0.2, 0) is 0 Å². The fourth-order valence-electron chi connectivity index (χ4n) is 2.17. The Kier molecular flexibility index (Phi) is 4.34. The smallest absolute Gasteiger partial charge is 0.269 e. The molecule has 0 aliphatic rings. The molecule has 3 rings (SSSR count). The molecule has 23 heavy (non-hydrogen) atoms. The molecule has 5 nitrogen and oxygen atoms in total. The summed E-state index contributed by atoms with van der Waals surface area (Å²) in [4.78, 5) is 13.0. The maximum Gasteiger partial charge on any atom is 0.269 e. The van der Waals surface area contributed by atoms with Gasteiger partial charge in [0.05, 0.1) is 12.8 Å². The summed E-state index contributed by atoms with van der Waals surface area (Å²) in [6.45, 7) is 2.01. The first kappa shape index (κ1) is 15.2. The molecule has 6 heteroatoms. The van der Waals surface area contributed by atoms with Gasteiger partial charge in [0.25, 0.3) is 5.91 Å². The van der Waals surface area contributed by atoms with Gasteiger partial charge in [0.2, 0.25) is 0 Å². The van der Waals surface area contributed by atoms with Gasteiger partial charge in [0, 0.05) is 5.56 Å². The van der Waals surface area contributed by atoms with E-state index in [1.807, 2.05) is 43.3 Å². The Labute approximate surface area is 138 Å².